The molecule has 5 nitrogen and oxygen atoms in total. The van der Waals surface area contributed by atoms with E-state index in [4.69, 9.17) is 10.7 Å². The van der Waals surface area contributed by atoms with Crippen molar-refractivity contribution in [3.8, 4) is 11.4 Å². The van der Waals surface area contributed by atoms with Gasteiger partial charge in [-0.15, -0.1) is 0 Å². The lowest BCUT2D eigenvalue weighted by Gasteiger charge is -2.17. The Balaban J connectivity index is 1.89. The maximum absolute atomic E-state index is 12.0. The van der Waals surface area contributed by atoms with Crippen LogP contribution in [0.4, 0.5) is 0 Å². The van der Waals surface area contributed by atoms with Gasteiger partial charge in [0.15, 0.2) is 0 Å². The van der Waals surface area contributed by atoms with Crippen molar-refractivity contribution < 1.29 is 0 Å². The number of aryl methyl sites for hydroxylation is 1. The first-order valence-electron chi connectivity index (χ1n) is 8.82. The molecule has 0 bridgehead atoms. The first kappa shape index (κ1) is 16.9. The quantitative estimate of drug-likeness (QED) is 0.854. The number of nitrogens with one attached hydrogen (secondary N) is 1. The van der Waals surface area contributed by atoms with Crippen molar-refractivity contribution in [1.82, 2.24) is 14.9 Å². The SMILES string of the molecule is CCCCc1cc(=O)[nH]c(-c2ccccc2CN2CC[C@@H](N)C2)n1. The Morgan fingerprint density at radius 1 is 1.38 bits per heavy atom. The van der Waals surface area contributed by atoms with Gasteiger partial charge >= 0.3 is 0 Å². The number of nitrogens with two attached hydrogens (primary N) is 1. The standard InChI is InChI=1S/C19H26N4O/c1-2-3-7-16-11-18(24)22-19(21-16)17-8-5-4-6-14(17)12-23-10-9-15(20)13-23/h4-6,8,11,15H,2-3,7,9-10,12-13,20H2,1H3,(H,21,22,24)/t15-/m1/s1. The lowest BCUT2D eigenvalue weighted by Crippen LogP contribution is -2.26. The van der Waals surface area contributed by atoms with E-state index in [9.17, 15) is 4.79 Å². The number of rotatable bonds is 6. The fourth-order valence-corrected chi connectivity index (χ4v) is 3.26. The van der Waals surface area contributed by atoms with Gasteiger partial charge in [-0.3, -0.25) is 9.69 Å². The molecule has 2 heterocycles. The van der Waals surface area contributed by atoms with Crippen molar-refractivity contribution >= 4 is 0 Å². The van der Waals surface area contributed by atoms with Crippen LogP contribution in [0.25, 0.3) is 11.4 Å². The second-order valence-electron chi connectivity index (χ2n) is 6.63. The Hall–Kier alpha value is -1.98. The summed E-state index contributed by atoms with van der Waals surface area (Å²) in [5.74, 6) is 0.674. The van der Waals surface area contributed by atoms with E-state index in [-0.39, 0.29) is 11.6 Å². The molecule has 0 saturated carbocycles. The van der Waals surface area contributed by atoms with E-state index in [1.54, 1.807) is 6.07 Å². The first-order chi connectivity index (χ1) is 11.7. The van der Waals surface area contributed by atoms with Crippen LogP contribution in [0.15, 0.2) is 35.1 Å². The molecule has 0 aliphatic carbocycles. The molecule has 0 unspecified atom stereocenters. The molecule has 1 fully saturated rings. The molecule has 1 atom stereocenters. The zero-order valence-electron chi connectivity index (χ0n) is 14.3. The van der Waals surface area contributed by atoms with Gasteiger partial charge in [0.05, 0.1) is 0 Å². The maximum atomic E-state index is 12.0. The van der Waals surface area contributed by atoms with Crippen molar-refractivity contribution in [2.24, 2.45) is 5.73 Å². The summed E-state index contributed by atoms with van der Waals surface area (Å²) < 4.78 is 0. The molecule has 1 aromatic heterocycles. The van der Waals surface area contributed by atoms with Crippen molar-refractivity contribution in [3.05, 3.63) is 51.9 Å². The highest BCUT2D eigenvalue weighted by Crippen LogP contribution is 2.22. The second kappa shape index (κ2) is 7.73. The summed E-state index contributed by atoms with van der Waals surface area (Å²) in [6, 6.07) is 10.1. The minimum atomic E-state index is -0.0795. The molecule has 1 aromatic carbocycles. The predicted octanol–water partition coefficient (Wildman–Crippen LogP) is 2.31. The average molecular weight is 326 g/mol. The molecule has 1 aliphatic rings. The Labute approximate surface area is 142 Å². The van der Waals surface area contributed by atoms with E-state index in [0.717, 1.165) is 56.6 Å². The zero-order valence-corrected chi connectivity index (χ0v) is 14.3. The third-order valence-electron chi connectivity index (χ3n) is 4.56. The molecular weight excluding hydrogens is 300 g/mol. The van der Waals surface area contributed by atoms with E-state index < -0.39 is 0 Å². The molecule has 0 amide bonds. The van der Waals surface area contributed by atoms with Gasteiger partial charge < -0.3 is 10.7 Å². The zero-order chi connectivity index (χ0) is 16.9. The molecule has 5 heteroatoms. The maximum Gasteiger partial charge on any atom is 0.251 e. The number of hydrogen-bond acceptors (Lipinski definition) is 4. The molecule has 0 radical (unpaired) electrons. The van der Waals surface area contributed by atoms with Crippen LogP contribution in [0.3, 0.4) is 0 Å². The minimum absolute atomic E-state index is 0.0795. The van der Waals surface area contributed by atoms with Crippen LogP contribution in [-0.2, 0) is 13.0 Å². The normalized spacial score (nSPS) is 18.2. The highest BCUT2D eigenvalue weighted by Gasteiger charge is 2.20. The lowest BCUT2D eigenvalue weighted by molar-refractivity contribution is 0.327. The summed E-state index contributed by atoms with van der Waals surface area (Å²) in [5.41, 5.74) is 8.99. The highest BCUT2D eigenvalue weighted by atomic mass is 16.1. The average Bonchev–Trinajstić information content (AvgIpc) is 2.98. The molecule has 0 spiro atoms. The van der Waals surface area contributed by atoms with Gasteiger partial charge in [-0.25, -0.2) is 4.98 Å². The molecule has 1 saturated heterocycles. The number of unbranched alkanes of at least 4 members (excludes halogenated alkanes) is 1. The largest absolute Gasteiger partial charge is 0.326 e. The van der Waals surface area contributed by atoms with Crippen molar-refractivity contribution in [3.63, 3.8) is 0 Å². The molecule has 1 aliphatic heterocycles. The number of likely N-dealkylation sites (tertiary alicyclic amines) is 1. The lowest BCUT2D eigenvalue weighted by atomic mass is 10.1. The van der Waals surface area contributed by atoms with E-state index in [0.29, 0.717) is 5.82 Å². The Morgan fingerprint density at radius 2 is 2.21 bits per heavy atom. The summed E-state index contributed by atoms with van der Waals surface area (Å²) >= 11 is 0. The monoisotopic (exact) mass is 326 g/mol. The highest BCUT2D eigenvalue weighted by molar-refractivity contribution is 5.60. The van der Waals surface area contributed by atoms with Gasteiger partial charge in [0.1, 0.15) is 5.82 Å². The van der Waals surface area contributed by atoms with Gasteiger partial charge in [0, 0.05) is 43.0 Å². The molecule has 2 aromatic rings. The number of hydrogen-bond donors (Lipinski definition) is 2. The summed E-state index contributed by atoms with van der Waals surface area (Å²) in [7, 11) is 0. The fourth-order valence-electron chi connectivity index (χ4n) is 3.26. The summed E-state index contributed by atoms with van der Waals surface area (Å²) in [5, 5.41) is 0. The van der Waals surface area contributed by atoms with Crippen molar-refractivity contribution in [2.45, 2.75) is 45.2 Å². The first-order valence-corrected chi connectivity index (χ1v) is 8.82. The van der Waals surface area contributed by atoms with Gasteiger partial charge in [-0.1, -0.05) is 37.6 Å². The molecule has 3 N–H and O–H groups in total. The summed E-state index contributed by atoms with van der Waals surface area (Å²) in [6.45, 7) is 4.93. The van der Waals surface area contributed by atoms with Crippen LogP contribution in [0.5, 0.6) is 0 Å². The topological polar surface area (TPSA) is 75.0 Å². The molecular formula is C19H26N4O. The molecule has 3 rings (SSSR count). The van der Waals surface area contributed by atoms with E-state index in [1.807, 2.05) is 18.2 Å². The van der Waals surface area contributed by atoms with Gasteiger partial charge in [0.25, 0.3) is 5.56 Å². The van der Waals surface area contributed by atoms with Gasteiger partial charge in [-0.2, -0.15) is 0 Å². The molecule has 24 heavy (non-hydrogen) atoms. The third-order valence-corrected chi connectivity index (χ3v) is 4.56. The third kappa shape index (κ3) is 4.10. The van der Waals surface area contributed by atoms with Crippen LogP contribution >= 0.6 is 0 Å². The number of nitrogens with zero attached hydrogens (tertiary/aromatic N) is 2. The van der Waals surface area contributed by atoms with Crippen LogP contribution in [0, 0.1) is 0 Å². The minimum Gasteiger partial charge on any atom is -0.326 e. The summed E-state index contributed by atoms with van der Waals surface area (Å²) in [4.78, 5) is 22.0. The number of H-pyrrole nitrogens is 1. The number of aromatic nitrogens is 2. The van der Waals surface area contributed by atoms with Crippen LogP contribution in [0.1, 0.15) is 37.4 Å². The van der Waals surface area contributed by atoms with E-state index in [1.165, 1.54) is 5.56 Å². The number of aromatic amines is 1. The second-order valence-corrected chi connectivity index (χ2v) is 6.63. The van der Waals surface area contributed by atoms with Gasteiger partial charge in [0.2, 0.25) is 0 Å². The van der Waals surface area contributed by atoms with Crippen LogP contribution in [0.2, 0.25) is 0 Å². The Morgan fingerprint density at radius 3 is 2.96 bits per heavy atom. The predicted molar refractivity (Wildman–Crippen MR) is 96.8 cm³/mol. The Bertz CT molecular complexity index is 740. The van der Waals surface area contributed by atoms with Crippen molar-refractivity contribution in [1.29, 1.82) is 0 Å². The van der Waals surface area contributed by atoms with E-state index in [2.05, 4.69) is 22.9 Å². The van der Waals surface area contributed by atoms with Crippen LogP contribution in [-0.4, -0.2) is 34.0 Å². The number of benzene rings is 1. The Kier molecular flexibility index (Phi) is 5.43. The van der Waals surface area contributed by atoms with E-state index >= 15 is 0 Å². The smallest absolute Gasteiger partial charge is 0.251 e. The van der Waals surface area contributed by atoms with Crippen molar-refractivity contribution in [2.75, 3.05) is 13.1 Å². The van der Waals surface area contributed by atoms with Crippen LogP contribution < -0.4 is 11.3 Å². The molecule has 128 valence electrons. The van der Waals surface area contributed by atoms with Gasteiger partial charge in [-0.05, 0) is 24.8 Å². The summed E-state index contributed by atoms with van der Waals surface area (Å²) in [6.07, 6.45) is 4.03. The fraction of sp³-hybridized carbons (Fsp3) is 0.474.